The van der Waals surface area contributed by atoms with Crippen molar-refractivity contribution in [1.82, 2.24) is 4.98 Å². The van der Waals surface area contributed by atoms with Crippen molar-refractivity contribution >= 4 is 39.0 Å². The fourth-order valence-corrected chi connectivity index (χ4v) is 2.08. The lowest BCUT2D eigenvalue weighted by molar-refractivity contribution is 1.26. The van der Waals surface area contributed by atoms with Crippen LogP contribution in [0.3, 0.4) is 0 Å². The highest BCUT2D eigenvalue weighted by molar-refractivity contribution is 9.10. The van der Waals surface area contributed by atoms with Crippen LogP contribution in [0.4, 0.5) is 11.5 Å². The van der Waals surface area contributed by atoms with E-state index in [4.69, 9.17) is 16.9 Å². The Kier molecular flexibility index (Phi) is 3.85. The average Bonchev–Trinajstić information content (AvgIpc) is 2.37. The van der Waals surface area contributed by atoms with E-state index in [9.17, 15) is 0 Å². The molecule has 1 N–H and O–H groups in total. The normalized spacial score (nSPS) is 9.89. The Balaban J connectivity index is 2.35. The number of pyridine rings is 1. The topological polar surface area (TPSA) is 48.7 Å². The van der Waals surface area contributed by atoms with Gasteiger partial charge in [-0.05, 0) is 46.6 Å². The molecule has 0 saturated heterocycles. The van der Waals surface area contributed by atoms with Crippen molar-refractivity contribution in [2.24, 2.45) is 0 Å². The Labute approximate surface area is 119 Å². The molecule has 1 heterocycles. The van der Waals surface area contributed by atoms with Crippen LogP contribution < -0.4 is 5.32 Å². The first kappa shape index (κ1) is 12.9. The molecule has 0 amide bonds. The molecule has 0 unspecified atom stereocenters. The number of nitriles is 1. The van der Waals surface area contributed by atoms with Crippen molar-refractivity contribution in [3.05, 3.63) is 51.1 Å². The Morgan fingerprint density at radius 3 is 2.89 bits per heavy atom. The molecule has 0 aliphatic rings. The first-order valence-corrected chi connectivity index (χ1v) is 6.36. The van der Waals surface area contributed by atoms with Gasteiger partial charge in [0.2, 0.25) is 0 Å². The highest BCUT2D eigenvalue weighted by Gasteiger charge is 2.06. The molecule has 18 heavy (non-hydrogen) atoms. The summed E-state index contributed by atoms with van der Waals surface area (Å²) in [4.78, 5) is 4.19. The van der Waals surface area contributed by atoms with E-state index in [1.165, 1.54) is 6.20 Å². The zero-order chi connectivity index (χ0) is 13.1. The fourth-order valence-electron chi connectivity index (χ4n) is 1.46. The van der Waals surface area contributed by atoms with Crippen LogP contribution in [0.2, 0.25) is 5.02 Å². The minimum absolute atomic E-state index is 0.509. The molecule has 0 spiro atoms. The molecular formula is C13H9BrClN3. The smallest absolute Gasteiger partial charge is 0.144 e. The van der Waals surface area contributed by atoms with Crippen molar-refractivity contribution in [3.63, 3.8) is 0 Å². The summed E-state index contributed by atoms with van der Waals surface area (Å²) in [5.41, 5.74) is 2.35. The minimum atomic E-state index is 0.509. The first-order valence-electron chi connectivity index (χ1n) is 5.19. The van der Waals surface area contributed by atoms with Gasteiger partial charge >= 0.3 is 0 Å². The summed E-state index contributed by atoms with van der Waals surface area (Å²) in [5, 5.41) is 12.7. The molecule has 0 saturated carbocycles. The number of anilines is 2. The zero-order valence-electron chi connectivity index (χ0n) is 9.54. The second-order valence-electron chi connectivity index (χ2n) is 3.70. The van der Waals surface area contributed by atoms with Crippen LogP contribution in [0, 0.1) is 18.3 Å². The molecule has 3 nitrogen and oxygen atoms in total. The molecule has 2 rings (SSSR count). The first-order chi connectivity index (χ1) is 8.61. The number of hydrogen-bond donors (Lipinski definition) is 1. The summed E-state index contributed by atoms with van der Waals surface area (Å²) in [6, 6.07) is 9.39. The molecule has 0 atom stereocenters. The molecule has 5 heteroatoms. The van der Waals surface area contributed by atoms with Gasteiger partial charge in [-0.3, -0.25) is 0 Å². The summed E-state index contributed by atoms with van der Waals surface area (Å²) in [7, 11) is 0. The van der Waals surface area contributed by atoms with Crippen molar-refractivity contribution < 1.29 is 0 Å². The molecule has 2 aromatic rings. The lowest BCUT2D eigenvalue weighted by atomic mass is 10.2. The van der Waals surface area contributed by atoms with Crippen LogP contribution in [-0.2, 0) is 0 Å². The number of nitrogens with one attached hydrogen (secondary N) is 1. The molecule has 0 aliphatic carbocycles. The summed E-state index contributed by atoms with van der Waals surface area (Å²) in [6.07, 6.45) is 1.52. The van der Waals surface area contributed by atoms with Gasteiger partial charge in [-0.2, -0.15) is 5.26 Å². The lowest BCUT2D eigenvalue weighted by Gasteiger charge is -2.11. The SMILES string of the molecule is Cc1c(Cl)cccc1Nc1ncc(C#N)cc1Br. The van der Waals surface area contributed by atoms with E-state index in [-0.39, 0.29) is 0 Å². The zero-order valence-corrected chi connectivity index (χ0v) is 11.9. The number of benzene rings is 1. The summed E-state index contributed by atoms with van der Waals surface area (Å²) in [5.74, 6) is 0.652. The third kappa shape index (κ3) is 2.63. The molecule has 0 aliphatic heterocycles. The van der Waals surface area contributed by atoms with Gasteiger partial charge in [-0.1, -0.05) is 17.7 Å². The van der Waals surface area contributed by atoms with Gasteiger partial charge in [-0.15, -0.1) is 0 Å². The van der Waals surface area contributed by atoms with E-state index >= 15 is 0 Å². The van der Waals surface area contributed by atoms with Gasteiger partial charge in [0, 0.05) is 16.9 Å². The maximum atomic E-state index is 8.77. The lowest BCUT2D eigenvalue weighted by Crippen LogP contribution is -1.97. The van der Waals surface area contributed by atoms with Gasteiger partial charge in [0.05, 0.1) is 10.0 Å². The Hall–Kier alpha value is -1.57. The third-order valence-corrected chi connectivity index (χ3v) is 3.50. The van der Waals surface area contributed by atoms with Crippen LogP contribution in [0.1, 0.15) is 11.1 Å². The van der Waals surface area contributed by atoms with E-state index in [0.717, 1.165) is 15.7 Å². The highest BCUT2D eigenvalue weighted by atomic mass is 79.9. The molecule has 1 aromatic heterocycles. The van der Waals surface area contributed by atoms with E-state index < -0.39 is 0 Å². The predicted molar refractivity (Wildman–Crippen MR) is 76.1 cm³/mol. The monoisotopic (exact) mass is 321 g/mol. The predicted octanol–water partition coefficient (Wildman–Crippen LogP) is 4.42. The van der Waals surface area contributed by atoms with Crippen molar-refractivity contribution in [1.29, 1.82) is 5.26 Å². The van der Waals surface area contributed by atoms with E-state index in [1.54, 1.807) is 6.07 Å². The van der Waals surface area contributed by atoms with Crippen LogP contribution in [0.5, 0.6) is 0 Å². The van der Waals surface area contributed by atoms with Crippen molar-refractivity contribution in [2.75, 3.05) is 5.32 Å². The highest BCUT2D eigenvalue weighted by Crippen LogP contribution is 2.28. The third-order valence-electron chi connectivity index (χ3n) is 2.49. The second-order valence-corrected chi connectivity index (χ2v) is 4.97. The molecule has 0 fully saturated rings. The average molecular weight is 323 g/mol. The van der Waals surface area contributed by atoms with Crippen LogP contribution in [0.15, 0.2) is 34.9 Å². The summed E-state index contributed by atoms with van der Waals surface area (Å²) >= 11 is 9.43. The summed E-state index contributed by atoms with van der Waals surface area (Å²) in [6.45, 7) is 1.93. The molecule has 0 radical (unpaired) electrons. The second kappa shape index (κ2) is 5.38. The quantitative estimate of drug-likeness (QED) is 0.890. The minimum Gasteiger partial charge on any atom is -0.339 e. The largest absolute Gasteiger partial charge is 0.339 e. The van der Waals surface area contributed by atoms with Crippen LogP contribution >= 0.6 is 27.5 Å². The maximum absolute atomic E-state index is 8.77. The van der Waals surface area contributed by atoms with E-state index in [2.05, 4.69) is 26.2 Å². The number of hydrogen-bond acceptors (Lipinski definition) is 3. The molecule has 0 bridgehead atoms. The Morgan fingerprint density at radius 2 is 2.22 bits per heavy atom. The van der Waals surface area contributed by atoms with Crippen LogP contribution in [0.25, 0.3) is 0 Å². The number of halogens is 2. The van der Waals surface area contributed by atoms with Crippen LogP contribution in [-0.4, -0.2) is 4.98 Å². The van der Waals surface area contributed by atoms with Gasteiger partial charge in [-0.25, -0.2) is 4.98 Å². The van der Waals surface area contributed by atoms with Gasteiger partial charge < -0.3 is 5.32 Å². The molecule has 1 aromatic carbocycles. The number of rotatable bonds is 2. The van der Waals surface area contributed by atoms with Gasteiger partial charge in [0.25, 0.3) is 0 Å². The van der Waals surface area contributed by atoms with Crippen molar-refractivity contribution in [2.45, 2.75) is 6.92 Å². The van der Waals surface area contributed by atoms with E-state index in [0.29, 0.717) is 16.4 Å². The number of nitrogens with zero attached hydrogens (tertiary/aromatic N) is 2. The Bertz CT molecular complexity index is 635. The van der Waals surface area contributed by atoms with Crippen molar-refractivity contribution in [3.8, 4) is 6.07 Å². The summed E-state index contributed by atoms with van der Waals surface area (Å²) < 4.78 is 0.737. The maximum Gasteiger partial charge on any atom is 0.144 e. The standard InChI is InChI=1S/C13H9BrClN3/c1-8-11(15)3-2-4-12(8)18-13-10(14)5-9(6-16)7-17-13/h2-5,7H,1H3,(H,17,18). The Morgan fingerprint density at radius 1 is 1.44 bits per heavy atom. The van der Waals surface area contributed by atoms with Gasteiger partial charge in [0.15, 0.2) is 0 Å². The van der Waals surface area contributed by atoms with Gasteiger partial charge in [0.1, 0.15) is 11.9 Å². The van der Waals surface area contributed by atoms with E-state index in [1.807, 2.05) is 31.2 Å². The number of aromatic nitrogens is 1. The molecular weight excluding hydrogens is 314 g/mol. The fraction of sp³-hybridized carbons (Fsp3) is 0.0769. The molecule has 90 valence electrons.